The van der Waals surface area contributed by atoms with Gasteiger partial charge in [-0.15, -0.1) is 0 Å². The summed E-state index contributed by atoms with van der Waals surface area (Å²) in [5, 5.41) is 6.77. The fourth-order valence-electron chi connectivity index (χ4n) is 2.88. The van der Waals surface area contributed by atoms with Crippen LogP contribution in [0.15, 0.2) is 48.8 Å². The number of carbonyl (C=O) groups excluding carboxylic acids is 1. The Morgan fingerprint density at radius 3 is 2.19 bits per heavy atom. The molecule has 1 heterocycles. The van der Waals surface area contributed by atoms with Crippen molar-refractivity contribution in [2.45, 2.75) is 27.3 Å². The van der Waals surface area contributed by atoms with E-state index in [9.17, 15) is 4.79 Å². The minimum atomic E-state index is -0.227. The first-order valence-corrected chi connectivity index (χ1v) is 9.00. The fourth-order valence-corrected chi connectivity index (χ4v) is 3.01. The number of nitrogens with zero attached hydrogens (tertiary/aromatic N) is 2. The summed E-state index contributed by atoms with van der Waals surface area (Å²) in [6.07, 6.45) is 3.04. The predicted molar refractivity (Wildman–Crippen MR) is 109 cm³/mol. The molecular formula is C21H21ClN4O. The van der Waals surface area contributed by atoms with Crippen molar-refractivity contribution in [1.29, 1.82) is 0 Å². The van der Waals surface area contributed by atoms with Crippen LogP contribution >= 0.6 is 11.6 Å². The van der Waals surface area contributed by atoms with Crippen molar-refractivity contribution in [3.05, 3.63) is 81.6 Å². The lowest BCUT2D eigenvalue weighted by Crippen LogP contribution is -2.15. The largest absolute Gasteiger partial charge is 0.350 e. The second-order valence-electron chi connectivity index (χ2n) is 6.50. The fraction of sp³-hybridized carbons (Fsp3) is 0.190. The summed E-state index contributed by atoms with van der Waals surface area (Å²) in [5.41, 5.74) is 5.53. The van der Waals surface area contributed by atoms with E-state index in [1.54, 1.807) is 0 Å². The minimum Gasteiger partial charge on any atom is -0.350 e. The molecule has 3 aromatic rings. The Bertz CT molecular complexity index is 930. The van der Waals surface area contributed by atoms with Gasteiger partial charge in [-0.3, -0.25) is 4.79 Å². The monoisotopic (exact) mass is 380 g/mol. The summed E-state index contributed by atoms with van der Waals surface area (Å²) >= 11 is 5.88. The lowest BCUT2D eigenvalue weighted by molar-refractivity contribution is 0.102. The van der Waals surface area contributed by atoms with Crippen LogP contribution in [0.5, 0.6) is 0 Å². The Morgan fingerprint density at radius 2 is 1.59 bits per heavy atom. The van der Waals surface area contributed by atoms with Gasteiger partial charge in [0.2, 0.25) is 5.95 Å². The summed E-state index contributed by atoms with van der Waals surface area (Å²) in [6.45, 7) is 6.57. The average Bonchev–Trinajstić information content (AvgIpc) is 2.64. The van der Waals surface area contributed by atoms with Crippen LogP contribution in [0.4, 0.5) is 11.6 Å². The Labute approximate surface area is 163 Å². The van der Waals surface area contributed by atoms with Gasteiger partial charge in [-0.05, 0) is 49.6 Å². The molecule has 0 aliphatic carbocycles. The molecule has 0 unspecified atom stereocenters. The molecule has 27 heavy (non-hydrogen) atoms. The smallest absolute Gasteiger partial charge is 0.258 e. The second kappa shape index (κ2) is 8.18. The van der Waals surface area contributed by atoms with Crippen molar-refractivity contribution in [2.75, 3.05) is 10.6 Å². The molecule has 5 nitrogen and oxygen atoms in total. The molecule has 138 valence electrons. The molecule has 0 atom stereocenters. The van der Waals surface area contributed by atoms with Crippen molar-refractivity contribution in [3.8, 4) is 0 Å². The van der Waals surface area contributed by atoms with Crippen molar-refractivity contribution in [2.24, 2.45) is 0 Å². The van der Waals surface area contributed by atoms with E-state index in [0.29, 0.717) is 23.1 Å². The highest BCUT2D eigenvalue weighted by Crippen LogP contribution is 2.22. The third kappa shape index (κ3) is 4.83. The molecule has 0 bridgehead atoms. The molecule has 0 fully saturated rings. The summed E-state index contributed by atoms with van der Waals surface area (Å²) in [7, 11) is 0. The number of halogens is 1. The van der Waals surface area contributed by atoms with Gasteiger partial charge < -0.3 is 10.6 Å². The number of rotatable bonds is 5. The van der Waals surface area contributed by atoms with Crippen molar-refractivity contribution >= 4 is 29.1 Å². The topological polar surface area (TPSA) is 66.9 Å². The Balaban J connectivity index is 1.64. The number of anilines is 2. The van der Waals surface area contributed by atoms with Gasteiger partial charge in [-0.25, -0.2) is 9.97 Å². The van der Waals surface area contributed by atoms with Crippen LogP contribution in [0.1, 0.15) is 32.6 Å². The zero-order valence-electron chi connectivity index (χ0n) is 15.5. The van der Waals surface area contributed by atoms with Gasteiger partial charge in [-0.1, -0.05) is 41.4 Å². The van der Waals surface area contributed by atoms with Gasteiger partial charge in [0.05, 0.1) is 5.56 Å². The zero-order chi connectivity index (χ0) is 19.4. The molecule has 2 aromatic carbocycles. The summed E-state index contributed by atoms with van der Waals surface area (Å²) in [6, 6.07) is 11.6. The van der Waals surface area contributed by atoms with Crippen LogP contribution < -0.4 is 10.6 Å². The van der Waals surface area contributed by atoms with E-state index in [2.05, 4.69) is 20.6 Å². The Kier molecular flexibility index (Phi) is 5.72. The number of carbonyl (C=O) groups is 1. The van der Waals surface area contributed by atoms with Gasteiger partial charge in [0.1, 0.15) is 0 Å². The lowest BCUT2D eigenvalue weighted by Gasteiger charge is -2.13. The average molecular weight is 381 g/mol. The molecule has 1 aromatic heterocycles. The van der Waals surface area contributed by atoms with Crippen LogP contribution in [0.3, 0.4) is 0 Å². The first kappa shape index (κ1) is 18.9. The van der Waals surface area contributed by atoms with Gasteiger partial charge in [0.15, 0.2) is 0 Å². The quantitative estimate of drug-likeness (QED) is 0.659. The van der Waals surface area contributed by atoms with Crippen LogP contribution in [-0.2, 0) is 6.54 Å². The standard InChI is InChI=1S/C21H21ClN4O/c1-13-8-14(2)19(15(3)9-13)26-20(27)17-11-24-21(25-12-17)23-10-16-4-6-18(22)7-5-16/h4-9,11-12H,10H2,1-3H3,(H,26,27)(H,23,24,25). The molecule has 3 rings (SSSR count). The highest BCUT2D eigenvalue weighted by atomic mass is 35.5. The number of amides is 1. The van der Waals surface area contributed by atoms with Gasteiger partial charge in [-0.2, -0.15) is 0 Å². The first-order chi connectivity index (χ1) is 12.9. The Morgan fingerprint density at radius 1 is 1.00 bits per heavy atom. The van der Waals surface area contributed by atoms with Gasteiger partial charge >= 0.3 is 0 Å². The maximum Gasteiger partial charge on any atom is 0.258 e. The first-order valence-electron chi connectivity index (χ1n) is 8.62. The third-order valence-corrected chi connectivity index (χ3v) is 4.45. The highest BCUT2D eigenvalue weighted by molar-refractivity contribution is 6.30. The maximum absolute atomic E-state index is 12.5. The molecule has 0 aliphatic rings. The van der Waals surface area contributed by atoms with E-state index in [-0.39, 0.29) is 5.91 Å². The molecule has 0 aliphatic heterocycles. The number of benzene rings is 2. The molecule has 2 N–H and O–H groups in total. The van der Waals surface area contributed by atoms with E-state index in [1.807, 2.05) is 57.2 Å². The van der Waals surface area contributed by atoms with Crippen LogP contribution in [0.2, 0.25) is 5.02 Å². The SMILES string of the molecule is Cc1cc(C)c(NC(=O)c2cnc(NCc3ccc(Cl)cc3)nc2)c(C)c1. The number of nitrogens with one attached hydrogen (secondary N) is 2. The molecular weight excluding hydrogens is 360 g/mol. The highest BCUT2D eigenvalue weighted by Gasteiger charge is 2.11. The van der Waals surface area contributed by atoms with E-state index >= 15 is 0 Å². The van der Waals surface area contributed by atoms with E-state index in [0.717, 1.165) is 22.4 Å². The Hall–Kier alpha value is -2.92. The zero-order valence-corrected chi connectivity index (χ0v) is 16.3. The van der Waals surface area contributed by atoms with E-state index in [1.165, 1.54) is 18.0 Å². The van der Waals surface area contributed by atoms with Crippen molar-refractivity contribution in [3.63, 3.8) is 0 Å². The summed E-state index contributed by atoms with van der Waals surface area (Å²) < 4.78 is 0. The van der Waals surface area contributed by atoms with Crippen molar-refractivity contribution in [1.82, 2.24) is 9.97 Å². The lowest BCUT2D eigenvalue weighted by atomic mass is 10.0. The van der Waals surface area contributed by atoms with E-state index < -0.39 is 0 Å². The molecule has 0 radical (unpaired) electrons. The van der Waals surface area contributed by atoms with Crippen LogP contribution in [0.25, 0.3) is 0 Å². The molecule has 0 saturated carbocycles. The summed E-state index contributed by atoms with van der Waals surface area (Å²) in [5.74, 6) is 0.235. The molecule has 6 heteroatoms. The number of aryl methyl sites for hydroxylation is 3. The van der Waals surface area contributed by atoms with E-state index in [4.69, 9.17) is 11.6 Å². The number of aromatic nitrogens is 2. The normalized spacial score (nSPS) is 10.5. The maximum atomic E-state index is 12.5. The molecule has 1 amide bonds. The van der Waals surface area contributed by atoms with Crippen LogP contribution in [-0.4, -0.2) is 15.9 Å². The number of hydrogen-bond acceptors (Lipinski definition) is 4. The molecule has 0 saturated heterocycles. The second-order valence-corrected chi connectivity index (χ2v) is 6.94. The predicted octanol–water partition coefficient (Wildman–Crippen LogP) is 4.92. The third-order valence-electron chi connectivity index (χ3n) is 4.19. The molecule has 0 spiro atoms. The number of hydrogen-bond donors (Lipinski definition) is 2. The minimum absolute atomic E-state index is 0.227. The summed E-state index contributed by atoms with van der Waals surface area (Å²) in [4.78, 5) is 20.9. The van der Waals surface area contributed by atoms with Crippen molar-refractivity contribution < 1.29 is 4.79 Å². The van der Waals surface area contributed by atoms with Gasteiger partial charge in [0, 0.05) is 29.6 Å². The van der Waals surface area contributed by atoms with Crippen LogP contribution in [0, 0.1) is 20.8 Å². The van der Waals surface area contributed by atoms with Gasteiger partial charge in [0.25, 0.3) is 5.91 Å².